The summed E-state index contributed by atoms with van der Waals surface area (Å²) in [6, 6.07) is -0.447. The van der Waals surface area contributed by atoms with Crippen molar-refractivity contribution in [3.8, 4) is 0 Å². The average Bonchev–Trinajstić information content (AvgIpc) is 2.17. The maximum absolute atomic E-state index is 8.77. The second-order valence-corrected chi connectivity index (χ2v) is 2.53. The van der Waals surface area contributed by atoms with Crippen molar-refractivity contribution < 1.29 is 10.2 Å². The Morgan fingerprint density at radius 1 is 1.46 bits per heavy atom. The molecule has 0 amide bonds. The van der Waals surface area contributed by atoms with Gasteiger partial charge in [-0.05, 0) is 0 Å². The third-order valence-corrected chi connectivity index (χ3v) is 1.52. The summed E-state index contributed by atoms with van der Waals surface area (Å²) in [4.78, 5) is 7.55. The first-order chi connectivity index (χ1) is 6.27. The van der Waals surface area contributed by atoms with Gasteiger partial charge in [0.1, 0.15) is 6.33 Å². The Morgan fingerprint density at radius 2 is 2.15 bits per heavy atom. The lowest BCUT2D eigenvalue weighted by Gasteiger charge is -2.14. The zero-order chi connectivity index (χ0) is 9.68. The molecule has 0 atom stereocenters. The fourth-order valence-corrected chi connectivity index (χ4v) is 0.803. The maximum Gasteiger partial charge on any atom is 0.153 e. The summed E-state index contributed by atoms with van der Waals surface area (Å²) in [5.41, 5.74) is 5.91. The van der Waals surface area contributed by atoms with Gasteiger partial charge in [0, 0.05) is 0 Å². The van der Waals surface area contributed by atoms with Gasteiger partial charge in [-0.1, -0.05) is 0 Å². The van der Waals surface area contributed by atoms with Crippen molar-refractivity contribution in [1.82, 2.24) is 9.97 Å². The average molecular weight is 184 g/mol. The second kappa shape index (κ2) is 4.58. The molecule has 5 N–H and O–H groups in total. The van der Waals surface area contributed by atoms with Crippen LogP contribution in [0.2, 0.25) is 0 Å². The highest BCUT2D eigenvalue weighted by molar-refractivity contribution is 5.59. The van der Waals surface area contributed by atoms with E-state index in [0.29, 0.717) is 11.5 Å². The van der Waals surface area contributed by atoms with Crippen molar-refractivity contribution in [2.75, 3.05) is 24.3 Å². The van der Waals surface area contributed by atoms with Crippen LogP contribution in [0.15, 0.2) is 12.5 Å². The van der Waals surface area contributed by atoms with E-state index in [2.05, 4.69) is 15.3 Å². The molecule has 0 aromatic carbocycles. The van der Waals surface area contributed by atoms with E-state index in [1.54, 1.807) is 0 Å². The number of hydrogen-bond acceptors (Lipinski definition) is 6. The van der Waals surface area contributed by atoms with Gasteiger partial charge < -0.3 is 21.3 Å². The van der Waals surface area contributed by atoms with Gasteiger partial charge in [0.25, 0.3) is 0 Å². The minimum Gasteiger partial charge on any atom is -0.394 e. The molecule has 1 rings (SSSR count). The van der Waals surface area contributed by atoms with Gasteiger partial charge in [0.15, 0.2) is 5.82 Å². The lowest BCUT2D eigenvalue weighted by molar-refractivity contribution is 0.203. The zero-order valence-electron chi connectivity index (χ0n) is 7.01. The molecular formula is C7H12N4O2. The van der Waals surface area contributed by atoms with E-state index in [4.69, 9.17) is 15.9 Å². The van der Waals surface area contributed by atoms with Crippen LogP contribution < -0.4 is 11.1 Å². The fraction of sp³-hybridized carbons (Fsp3) is 0.429. The summed E-state index contributed by atoms with van der Waals surface area (Å²) in [6.07, 6.45) is 2.78. The van der Waals surface area contributed by atoms with Gasteiger partial charge in [-0.3, -0.25) is 0 Å². The SMILES string of the molecule is Nc1cncnc1NC(CO)CO. The Hall–Kier alpha value is -1.40. The van der Waals surface area contributed by atoms with Crippen molar-refractivity contribution in [1.29, 1.82) is 0 Å². The summed E-state index contributed by atoms with van der Waals surface area (Å²) in [5, 5.41) is 20.3. The molecule has 0 fully saturated rings. The van der Waals surface area contributed by atoms with Crippen LogP contribution >= 0.6 is 0 Å². The van der Waals surface area contributed by atoms with Gasteiger partial charge >= 0.3 is 0 Å². The van der Waals surface area contributed by atoms with E-state index in [1.165, 1.54) is 12.5 Å². The highest BCUT2D eigenvalue weighted by atomic mass is 16.3. The smallest absolute Gasteiger partial charge is 0.153 e. The summed E-state index contributed by atoms with van der Waals surface area (Å²) < 4.78 is 0. The van der Waals surface area contributed by atoms with Crippen molar-refractivity contribution in [3.05, 3.63) is 12.5 Å². The van der Waals surface area contributed by atoms with Gasteiger partial charge in [0.2, 0.25) is 0 Å². The molecule has 1 heterocycles. The summed E-state index contributed by atoms with van der Waals surface area (Å²) in [7, 11) is 0. The molecule has 0 radical (unpaired) electrons. The maximum atomic E-state index is 8.77. The third kappa shape index (κ3) is 2.53. The molecule has 0 saturated carbocycles. The standard InChI is InChI=1S/C7H12N4O2/c8-6-1-9-4-10-7(6)11-5(2-12)3-13/h1,4-5,12-13H,2-3,8H2,(H,9,10,11). The van der Waals surface area contributed by atoms with Crippen LogP contribution in [0.25, 0.3) is 0 Å². The Labute approximate surface area is 75.4 Å². The molecule has 0 saturated heterocycles. The van der Waals surface area contributed by atoms with Crippen LogP contribution in [0.1, 0.15) is 0 Å². The number of nitrogen functional groups attached to an aromatic ring is 1. The second-order valence-electron chi connectivity index (χ2n) is 2.53. The van der Waals surface area contributed by atoms with E-state index < -0.39 is 6.04 Å². The molecule has 0 aliphatic heterocycles. The van der Waals surface area contributed by atoms with Crippen LogP contribution in [0.5, 0.6) is 0 Å². The first-order valence-corrected chi connectivity index (χ1v) is 3.81. The largest absolute Gasteiger partial charge is 0.394 e. The predicted octanol–water partition coefficient (Wildman–Crippen LogP) is -1.18. The van der Waals surface area contributed by atoms with Crippen molar-refractivity contribution >= 4 is 11.5 Å². The molecule has 0 spiro atoms. The highest BCUT2D eigenvalue weighted by Crippen LogP contribution is 2.12. The molecule has 1 aromatic heterocycles. The quantitative estimate of drug-likeness (QED) is 0.469. The molecule has 72 valence electrons. The van der Waals surface area contributed by atoms with Gasteiger partial charge in [-0.2, -0.15) is 0 Å². The Bertz CT molecular complexity index is 264. The molecule has 0 bridgehead atoms. The number of nitrogens with two attached hydrogens (primary N) is 1. The van der Waals surface area contributed by atoms with E-state index in [0.717, 1.165) is 0 Å². The van der Waals surface area contributed by atoms with Gasteiger partial charge in [-0.25, -0.2) is 9.97 Å². The molecular weight excluding hydrogens is 172 g/mol. The molecule has 6 heteroatoms. The van der Waals surface area contributed by atoms with Crippen molar-refractivity contribution in [2.45, 2.75) is 6.04 Å². The number of anilines is 2. The third-order valence-electron chi connectivity index (χ3n) is 1.52. The van der Waals surface area contributed by atoms with Crippen LogP contribution in [-0.4, -0.2) is 39.4 Å². The van der Waals surface area contributed by atoms with Crippen LogP contribution in [0.4, 0.5) is 11.5 Å². The predicted molar refractivity (Wildman–Crippen MR) is 48.0 cm³/mol. The summed E-state index contributed by atoms with van der Waals surface area (Å²) in [6.45, 7) is -0.361. The lowest BCUT2D eigenvalue weighted by Crippen LogP contribution is -2.28. The highest BCUT2D eigenvalue weighted by Gasteiger charge is 2.07. The first-order valence-electron chi connectivity index (χ1n) is 3.81. The molecule has 0 aliphatic carbocycles. The van der Waals surface area contributed by atoms with E-state index in [9.17, 15) is 0 Å². The van der Waals surface area contributed by atoms with E-state index in [1.807, 2.05) is 0 Å². The van der Waals surface area contributed by atoms with E-state index >= 15 is 0 Å². The first kappa shape index (κ1) is 9.69. The number of nitrogens with zero attached hydrogens (tertiary/aromatic N) is 2. The van der Waals surface area contributed by atoms with Crippen molar-refractivity contribution in [3.63, 3.8) is 0 Å². The molecule has 0 unspecified atom stereocenters. The normalized spacial score (nSPS) is 10.4. The summed E-state index contributed by atoms with van der Waals surface area (Å²) in [5.74, 6) is 0.420. The molecule has 6 nitrogen and oxygen atoms in total. The number of hydrogen-bond donors (Lipinski definition) is 4. The molecule has 1 aromatic rings. The lowest BCUT2D eigenvalue weighted by atomic mass is 10.3. The number of aliphatic hydroxyl groups excluding tert-OH is 2. The zero-order valence-corrected chi connectivity index (χ0v) is 7.01. The fourth-order valence-electron chi connectivity index (χ4n) is 0.803. The minimum absolute atomic E-state index is 0.181. The van der Waals surface area contributed by atoms with Crippen LogP contribution in [0, 0.1) is 0 Å². The van der Waals surface area contributed by atoms with Crippen molar-refractivity contribution in [2.24, 2.45) is 0 Å². The Balaban J connectivity index is 2.67. The minimum atomic E-state index is -0.447. The van der Waals surface area contributed by atoms with Gasteiger partial charge in [0.05, 0.1) is 31.1 Å². The topological polar surface area (TPSA) is 104 Å². The molecule has 0 aliphatic rings. The number of aliphatic hydroxyl groups is 2. The number of nitrogens with one attached hydrogen (secondary N) is 1. The number of rotatable bonds is 4. The monoisotopic (exact) mass is 184 g/mol. The number of aromatic nitrogens is 2. The Morgan fingerprint density at radius 3 is 2.69 bits per heavy atom. The Kier molecular flexibility index (Phi) is 3.41. The van der Waals surface area contributed by atoms with Crippen LogP contribution in [0.3, 0.4) is 0 Å². The van der Waals surface area contributed by atoms with Gasteiger partial charge in [-0.15, -0.1) is 0 Å². The summed E-state index contributed by atoms with van der Waals surface area (Å²) >= 11 is 0. The van der Waals surface area contributed by atoms with E-state index in [-0.39, 0.29) is 13.2 Å². The molecule has 13 heavy (non-hydrogen) atoms. The van der Waals surface area contributed by atoms with Crippen LogP contribution in [-0.2, 0) is 0 Å².